The van der Waals surface area contributed by atoms with Gasteiger partial charge in [-0.25, -0.2) is 19.9 Å². The molecule has 0 amide bonds. The number of nitrogens with zero attached hydrogens (tertiary/aromatic N) is 4. The minimum Gasteiger partial charge on any atom is -0.248 e. The highest BCUT2D eigenvalue weighted by molar-refractivity contribution is 6.28. The van der Waals surface area contributed by atoms with E-state index in [0.29, 0.717) is 0 Å². The molecule has 23 rings (SSSR count). The van der Waals surface area contributed by atoms with Gasteiger partial charge in [-0.05, 0) is 192 Å². The zero-order valence-electron chi connectivity index (χ0n) is 63.2. The first-order valence-electron chi connectivity index (χ1n) is 39.7. The van der Waals surface area contributed by atoms with E-state index in [1.807, 2.05) is 18.2 Å². The third kappa shape index (κ3) is 11.9. The van der Waals surface area contributed by atoms with Crippen LogP contribution in [0.15, 0.2) is 425 Å². The average Bonchev–Trinajstić information content (AvgIpc) is 0.714. The van der Waals surface area contributed by atoms with E-state index in [4.69, 9.17) is 19.9 Å². The van der Waals surface area contributed by atoms with Crippen LogP contribution in [0.1, 0.15) is 0 Å². The summed E-state index contributed by atoms with van der Waals surface area (Å²) in [6.45, 7) is 0. The maximum atomic E-state index is 5.71. The Morgan fingerprint density at radius 1 is 0.121 bits per heavy atom. The van der Waals surface area contributed by atoms with Crippen LogP contribution in [-0.4, -0.2) is 19.9 Å². The fourth-order valence-corrected chi connectivity index (χ4v) is 17.8. The van der Waals surface area contributed by atoms with Crippen molar-refractivity contribution in [2.75, 3.05) is 0 Å². The predicted molar refractivity (Wildman–Crippen MR) is 491 cm³/mol. The summed E-state index contributed by atoms with van der Waals surface area (Å²) in [6, 6.07) is 153. The van der Waals surface area contributed by atoms with Crippen molar-refractivity contribution < 1.29 is 0 Å². The topological polar surface area (TPSA) is 51.6 Å². The lowest BCUT2D eigenvalue weighted by atomic mass is 9.88. The fourth-order valence-electron chi connectivity index (χ4n) is 17.8. The molecule has 0 radical (unpaired) electrons. The van der Waals surface area contributed by atoms with Crippen molar-refractivity contribution in [1.82, 2.24) is 19.9 Å². The highest BCUT2D eigenvalue weighted by Crippen LogP contribution is 2.47. The minimum absolute atomic E-state index is 0.936. The molecule has 0 saturated carbocycles. The van der Waals surface area contributed by atoms with Gasteiger partial charge < -0.3 is 0 Å². The first-order valence-corrected chi connectivity index (χ1v) is 39.7. The predicted octanol–water partition coefficient (Wildman–Crippen LogP) is 30.3. The highest BCUT2D eigenvalue weighted by Gasteiger charge is 2.22. The van der Waals surface area contributed by atoms with Crippen molar-refractivity contribution in [3.63, 3.8) is 0 Å². The van der Waals surface area contributed by atoms with Crippen LogP contribution in [0.2, 0.25) is 0 Å². The van der Waals surface area contributed by atoms with Crippen LogP contribution in [0.3, 0.4) is 0 Å². The molecule has 4 aromatic heterocycles. The zero-order valence-corrected chi connectivity index (χ0v) is 63.2. The molecule has 4 heteroatoms. The Labute approximate surface area is 670 Å². The van der Waals surface area contributed by atoms with Gasteiger partial charge in [0.1, 0.15) is 0 Å². The molecule has 23 aromatic rings. The maximum absolute atomic E-state index is 5.71. The first kappa shape index (κ1) is 67.5. The third-order valence-corrected chi connectivity index (χ3v) is 23.5. The van der Waals surface area contributed by atoms with Gasteiger partial charge >= 0.3 is 0 Å². The van der Waals surface area contributed by atoms with Crippen molar-refractivity contribution in [3.8, 4) is 112 Å². The monoisotopic (exact) mass is 1470 g/mol. The lowest BCUT2D eigenvalue weighted by molar-refractivity contribution is 1.32. The molecule has 0 aliphatic heterocycles. The number of rotatable bonds is 10. The van der Waals surface area contributed by atoms with Crippen molar-refractivity contribution in [1.29, 1.82) is 0 Å². The van der Waals surface area contributed by atoms with Crippen LogP contribution in [0.5, 0.6) is 0 Å². The number of aromatic nitrogens is 4. The Kier molecular flexibility index (Phi) is 16.6. The largest absolute Gasteiger partial charge is 0.248 e. The summed E-state index contributed by atoms with van der Waals surface area (Å²) in [5, 5.41) is 23.1. The Morgan fingerprint density at radius 3 is 0.879 bits per heavy atom. The average molecular weight is 1470 g/mol. The summed E-state index contributed by atoms with van der Waals surface area (Å²) in [4.78, 5) is 21.1. The molecule has 19 aromatic carbocycles. The minimum atomic E-state index is 0.936. The van der Waals surface area contributed by atoms with Gasteiger partial charge in [0.2, 0.25) is 0 Å². The van der Waals surface area contributed by atoms with Gasteiger partial charge in [-0.2, -0.15) is 0 Å². The van der Waals surface area contributed by atoms with E-state index in [1.54, 1.807) is 0 Å². The molecule has 538 valence electrons. The zero-order chi connectivity index (χ0) is 76.6. The molecule has 0 bridgehead atoms. The smallest absolute Gasteiger partial charge is 0.0794 e. The van der Waals surface area contributed by atoms with E-state index in [2.05, 4.69) is 406 Å². The number of benzene rings is 19. The quantitative estimate of drug-likeness (QED) is 0.128. The molecule has 0 atom stereocenters. The molecule has 0 aliphatic carbocycles. The Hall–Kier alpha value is -15.4. The SMILES string of the molecule is c1ccc(-c2cc(-c3ccccc3)c3cc(-c4ccc(-c5ccc6ccccc6n5)cc4)c4ccccc4c3n2)cc1.c1ccc(-c2cc(-c3ccccc3)nc(-c3ccc(-c4cc5c(-c6ccc7c8ccccc8c8ccccc8c7c6)cc(-c6ccc7c8ccccc8c8ccccc8c7c6)nc5c5ccccc45)cc3)c2)cc1. The molecular formula is C112H70N4. The van der Waals surface area contributed by atoms with Crippen molar-refractivity contribution >= 4 is 119 Å². The van der Waals surface area contributed by atoms with Gasteiger partial charge in [-0.3, -0.25) is 0 Å². The molecule has 0 saturated heterocycles. The highest BCUT2D eigenvalue weighted by atomic mass is 14.7. The molecule has 116 heavy (non-hydrogen) atoms. The fraction of sp³-hybridized carbons (Fsp3) is 0. The molecule has 4 nitrogen and oxygen atoms in total. The Bertz CT molecular complexity index is 7710. The van der Waals surface area contributed by atoms with E-state index >= 15 is 0 Å². The Morgan fingerprint density at radius 2 is 0.414 bits per heavy atom. The van der Waals surface area contributed by atoms with E-state index in [1.165, 1.54) is 92.3 Å². The maximum Gasteiger partial charge on any atom is 0.0794 e. The van der Waals surface area contributed by atoms with Gasteiger partial charge in [-0.15, -0.1) is 0 Å². The van der Waals surface area contributed by atoms with Gasteiger partial charge in [0.05, 0.1) is 45.0 Å². The molecule has 4 heterocycles. The lowest BCUT2D eigenvalue weighted by Crippen LogP contribution is -1.94. The van der Waals surface area contributed by atoms with Crippen molar-refractivity contribution in [2.24, 2.45) is 0 Å². The first-order chi connectivity index (χ1) is 57.5. The number of fused-ring (bicyclic) bond motifs is 19. The van der Waals surface area contributed by atoms with Crippen LogP contribution < -0.4 is 0 Å². The van der Waals surface area contributed by atoms with E-state index in [-0.39, 0.29) is 0 Å². The van der Waals surface area contributed by atoms with Crippen molar-refractivity contribution in [3.05, 3.63) is 425 Å². The lowest BCUT2D eigenvalue weighted by Gasteiger charge is -2.17. The molecule has 0 unspecified atom stereocenters. The normalized spacial score (nSPS) is 11.6. The third-order valence-electron chi connectivity index (χ3n) is 23.5. The number of hydrogen-bond donors (Lipinski definition) is 0. The van der Waals surface area contributed by atoms with Gasteiger partial charge in [-0.1, -0.05) is 364 Å². The van der Waals surface area contributed by atoms with Crippen LogP contribution >= 0.6 is 0 Å². The molecule has 0 N–H and O–H groups in total. The second-order valence-corrected chi connectivity index (χ2v) is 30.2. The summed E-state index contributed by atoms with van der Waals surface area (Å²) in [7, 11) is 0. The van der Waals surface area contributed by atoms with Gasteiger partial charge in [0.25, 0.3) is 0 Å². The van der Waals surface area contributed by atoms with Crippen LogP contribution in [0, 0.1) is 0 Å². The number of hydrogen-bond acceptors (Lipinski definition) is 4. The second kappa shape index (κ2) is 28.4. The van der Waals surface area contributed by atoms with Crippen LogP contribution in [-0.2, 0) is 0 Å². The van der Waals surface area contributed by atoms with E-state index < -0.39 is 0 Å². The molecular weight excluding hydrogens is 1400 g/mol. The standard InChI is InChI=1S/C72H44N2.C40H26N2/c1-3-17-45(18-4-1)51-41-69(47-19-5-2-6-20-47)73-70(42-51)48-33-31-46(32-34-48)64-43-68-65(49-35-37-61-56-25-9-7-21-52(56)54-23-11-13-27-58(54)66(61)39-49)44-71(74-72(68)63-30-16-15-29-60(63)64)50-36-38-62-57-26-10-8-22-53(57)55-24-12-14-28-59(55)67(62)40-50;1-3-11-27(12-4-1)35-26-39(29-13-5-2-6-14-29)42-40-33-17-9-8-16-32(33)34(25-36(35)40)28-19-21-31(22-20-28)38-24-23-30-15-7-10-18-37(30)41-38/h1-44H;1-26H. The summed E-state index contributed by atoms with van der Waals surface area (Å²) in [5.74, 6) is 0. The second-order valence-electron chi connectivity index (χ2n) is 30.2. The molecule has 0 aliphatic rings. The van der Waals surface area contributed by atoms with Crippen LogP contribution in [0.4, 0.5) is 0 Å². The summed E-state index contributed by atoms with van der Waals surface area (Å²) < 4.78 is 0. The van der Waals surface area contributed by atoms with Gasteiger partial charge in [0, 0.05) is 54.7 Å². The van der Waals surface area contributed by atoms with E-state index in [9.17, 15) is 0 Å². The summed E-state index contributed by atoms with van der Waals surface area (Å²) in [6.07, 6.45) is 0. The number of pyridine rings is 4. The van der Waals surface area contributed by atoms with E-state index in [0.717, 1.165) is 139 Å². The Balaban J connectivity index is 0.000000164. The molecule has 0 spiro atoms. The van der Waals surface area contributed by atoms with Crippen molar-refractivity contribution in [2.45, 2.75) is 0 Å². The number of para-hydroxylation sites is 1. The molecule has 0 fully saturated rings. The van der Waals surface area contributed by atoms with Crippen LogP contribution in [0.25, 0.3) is 231 Å². The summed E-state index contributed by atoms with van der Waals surface area (Å²) >= 11 is 0. The summed E-state index contributed by atoms with van der Waals surface area (Å²) in [5.41, 5.74) is 24.9. The van der Waals surface area contributed by atoms with Gasteiger partial charge in [0.15, 0.2) is 0 Å².